The van der Waals surface area contributed by atoms with Gasteiger partial charge in [0, 0.05) is 18.6 Å². The molecule has 3 rings (SSSR count). The van der Waals surface area contributed by atoms with Crippen LogP contribution in [-0.4, -0.2) is 25.9 Å². The van der Waals surface area contributed by atoms with Crippen molar-refractivity contribution in [3.05, 3.63) is 65.2 Å². The summed E-state index contributed by atoms with van der Waals surface area (Å²) in [6.45, 7) is 9.31. The molecule has 2 aromatic rings. The van der Waals surface area contributed by atoms with Crippen molar-refractivity contribution in [2.45, 2.75) is 57.6 Å². The minimum Gasteiger partial charge on any atom is -0.497 e. The van der Waals surface area contributed by atoms with Crippen molar-refractivity contribution in [3.63, 3.8) is 0 Å². The van der Waals surface area contributed by atoms with Crippen molar-refractivity contribution in [2.75, 3.05) is 20.3 Å². The third-order valence-electron chi connectivity index (χ3n) is 5.77. The third-order valence-corrected chi connectivity index (χ3v) is 5.77. The van der Waals surface area contributed by atoms with Gasteiger partial charge in [0.05, 0.1) is 12.7 Å². The first-order valence-electron chi connectivity index (χ1n) is 9.97. The van der Waals surface area contributed by atoms with Crippen molar-refractivity contribution in [3.8, 4) is 5.75 Å². The number of ether oxygens (including phenoxy) is 2. The molecule has 0 amide bonds. The fourth-order valence-corrected chi connectivity index (χ4v) is 4.29. The number of aryl methyl sites for hydroxylation is 1. The van der Waals surface area contributed by atoms with Gasteiger partial charge in [-0.15, -0.1) is 0 Å². The summed E-state index contributed by atoms with van der Waals surface area (Å²) in [5.74, 6) is 0.904. The molecule has 27 heavy (non-hydrogen) atoms. The molecule has 0 aliphatic carbocycles. The normalized spacial score (nSPS) is 21.8. The smallest absolute Gasteiger partial charge is 0.118 e. The van der Waals surface area contributed by atoms with Gasteiger partial charge in [-0.05, 0) is 69.8 Å². The second kappa shape index (κ2) is 8.45. The Kier molecular flexibility index (Phi) is 6.23. The first kappa shape index (κ1) is 19.9. The van der Waals surface area contributed by atoms with E-state index < -0.39 is 0 Å². The Bertz CT molecular complexity index is 721. The van der Waals surface area contributed by atoms with Crippen molar-refractivity contribution < 1.29 is 9.47 Å². The lowest BCUT2D eigenvalue weighted by Gasteiger charge is -2.45. The molecule has 0 aromatic heterocycles. The molecule has 0 spiro atoms. The molecule has 1 fully saturated rings. The summed E-state index contributed by atoms with van der Waals surface area (Å²) in [7, 11) is 1.70. The van der Waals surface area contributed by atoms with Crippen molar-refractivity contribution in [1.29, 1.82) is 0 Å². The average Bonchev–Trinajstić information content (AvgIpc) is 2.65. The van der Waals surface area contributed by atoms with Crippen LogP contribution in [0.3, 0.4) is 0 Å². The number of rotatable bonds is 7. The topological polar surface area (TPSA) is 30.5 Å². The maximum atomic E-state index is 6.03. The van der Waals surface area contributed by atoms with Crippen LogP contribution in [0, 0.1) is 6.92 Å². The van der Waals surface area contributed by atoms with Crippen LogP contribution >= 0.6 is 0 Å². The highest BCUT2D eigenvalue weighted by molar-refractivity contribution is 5.30. The van der Waals surface area contributed by atoms with Crippen LogP contribution in [0.15, 0.2) is 48.5 Å². The van der Waals surface area contributed by atoms with E-state index in [1.54, 1.807) is 7.11 Å². The van der Waals surface area contributed by atoms with E-state index in [1.807, 2.05) is 12.1 Å². The summed E-state index contributed by atoms with van der Waals surface area (Å²) in [5.41, 5.74) is 4.17. The van der Waals surface area contributed by atoms with E-state index in [0.717, 1.165) is 44.7 Å². The van der Waals surface area contributed by atoms with Crippen LogP contribution < -0.4 is 10.1 Å². The second-order valence-corrected chi connectivity index (χ2v) is 8.46. The summed E-state index contributed by atoms with van der Waals surface area (Å²) in [6.07, 6.45) is 3.27. The zero-order valence-electron chi connectivity index (χ0n) is 17.2. The molecule has 1 saturated heterocycles. The maximum absolute atomic E-state index is 6.03. The van der Waals surface area contributed by atoms with Crippen LogP contribution in [0.1, 0.15) is 49.8 Å². The number of nitrogens with one attached hydrogen (secondary N) is 1. The van der Waals surface area contributed by atoms with E-state index in [1.165, 1.54) is 16.7 Å². The fraction of sp³-hybridized carbons (Fsp3) is 0.500. The molecule has 0 unspecified atom stereocenters. The molecule has 1 aliphatic rings. The second-order valence-electron chi connectivity index (χ2n) is 8.46. The predicted molar refractivity (Wildman–Crippen MR) is 111 cm³/mol. The van der Waals surface area contributed by atoms with Crippen molar-refractivity contribution in [1.82, 2.24) is 5.32 Å². The van der Waals surface area contributed by atoms with Gasteiger partial charge in [-0.3, -0.25) is 0 Å². The number of methoxy groups -OCH3 is 1. The molecular formula is C24H33NO2. The monoisotopic (exact) mass is 367 g/mol. The van der Waals surface area contributed by atoms with E-state index in [9.17, 15) is 0 Å². The first-order valence-corrected chi connectivity index (χ1v) is 9.97. The van der Waals surface area contributed by atoms with E-state index in [4.69, 9.17) is 9.47 Å². The molecule has 3 nitrogen and oxygen atoms in total. The molecular weight excluding hydrogens is 334 g/mol. The Morgan fingerprint density at radius 3 is 2.37 bits per heavy atom. The molecule has 1 atom stereocenters. The zero-order chi connectivity index (χ0) is 19.3. The third kappa shape index (κ3) is 5.12. The summed E-state index contributed by atoms with van der Waals surface area (Å²) in [6, 6.07) is 17.4. The van der Waals surface area contributed by atoms with E-state index >= 15 is 0 Å². The Labute approximate surface area is 164 Å². The van der Waals surface area contributed by atoms with Crippen LogP contribution in [-0.2, 0) is 16.7 Å². The fourth-order valence-electron chi connectivity index (χ4n) is 4.29. The van der Waals surface area contributed by atoms with E-state index in [0.29, 0.717) is 0 Å². The summed E-state index contributed by atoms with van der Waals surface area (Å²) in [5, 5.41) is 3.64. The van der Waals surface area contributed by atoms with Crippen LogP contribution in [0.25, 0.3) is 0 Å². The molecule has 0 saturated carbocycles. The Balaban J connectivity index is 1.65. The molecule has 2 aromatic carbocycles. The Hall–Kier alpha value is -1.84. The van der Waals surface area contributed by atoms with Gasteiger partial charge in [0.2, 0.25) is 0 Å². The molecule has 0 radical (unpaired) electrons. The van der Waals surface area contributed by atoms with E-state index in [-0.39, 0.29) is 11.0 Å². The molecule has 146 valence electrons. The number of hydrogen-bond acceptors (Lipinski definition) is 3. The molecule has 0 bridgehead atoms. The van der Waals surface area contributed by atoms with Gasteiger partial charge in [-0.25, -0.2) is 0 Å². The molecule has 3 heteroatoms. The highest BCUT2D eigenvalue weighted by Gasteiger charge is 2.41. The van der Waals surface area contributed by atoms with Gasteiger partial charge in [-0.2, -0.15) is 0 Å². The molecule has 1 N–H and O–H groups in total. The lowest BCUT2D eigenvalue weighted by molar-refractivity contribution is -0.0840. The summed E-state index contributed by atoms with van der Waals surface area (Å²) >= 11 is 0. The molecule has 1 aliphatic heterocycles. The lowest BCUT2D eigenvalue weighted by atomic mass is 9.67. The van der Waals surface area contributed by atoms with Crippen LogP contribution in [0.5, 0.6) is 5.75 Å². The van der Waals surface area contributed by atoms with Gasteiger partial charge >= 0.3 is 0 Å². The van der Waals surface area contributed by atoms with Crippen molar-refractivity contribution >= 4 is 0 Å². The Morgan fingerprint density at radius 1 is 1.04 bits per heavy atom. The Morgan fingerprint density at radius 2 is 1.74 bits per heavy atom. The SMILES string of the molecule is COc1ccc(CNCC[C@@]2(c3ccc(C)cc3)CCOC(C)(C)C2)cc1. The first-order chi connectivity index (χ1) is 12.9. The summed E-state index contributed by atoms with van der Waals surface area (Å²) in [4.78, 5) is 0. The van der Waals surface area contributed by atoms with E-state index in [2.05, 4.69) is 62.5 Å². The average molecular weight is 368 g/mol. The minimum absolute atomic E-state index is 0.0703. The highest BCUT2D eigenvalue weighted by atomic mass is 16.5. The minimum atomic E-state index is -0.0703. The standard InChI is InChI=1S/C24H33NO2/c1-19-5-9-21(10-6-19)24(14-16-27-23(2,3)18-24)13-15-25-17-20-7-11-22(26-4)12-8-20/h5-12,25H,13-18H2,1-4H3/t24-/m1/s1. The zero-order valence-corrected chi connectivity index (χ0v) is 17.2. The predicted octanol–water partition coefficient (Wildman–Crippen LogP) is 5.01. The lowest BCUT2D eigenvalue weighted by Crippen LogP contribution is -2.45. The van der Waals surface area contributed by atoms with Crippen molar-refractivity contribution in [2.24, 2.45) is 0 Å². The van der Waals surface area contributed by atoms with Gasteiger partial charge in [-0.1, -0.05) is 42.0 Å². The number of benzene rings is 2. The van der Waals surface area contributed by atoms with Gasteiger partial charge in [0.1, 0.15) is 5.75 Å². The maximum Gasteiger partial charge on any atom is 0.118 e. The van der Waals surface area contributed by atoms with Gasteiger partial charge < -0.3 is 14.8 Å². The largest absolute Gasteiger partial charge is 0.497 e. The highest BCUT2D eigenvalue weighted by Crippen LogP contribution is 2.43. The quantitative estimate of drug-likeness (QED) is 0.698. The van der Waals surface area contributed by atoms with Gasteiger partial charge in [0.25, 0.3) is 0 Å². The van der Waals surface area contributed by atoms with Crippen LogP contribution in [0.4, 0.5) is 0 Å². The summed E-state index contributed by atoms with van der Waals surface area (Å²) < 4.78 is 11.3. The molecule has 1 heterocycles. The van der Waals surface area contributed by atoms with Crippen LogP contribution in [0.2, 0.25) is 0 Å². The number of hydrogen-bond donors (Lipinski definition) is 1. The van der Waals surface area contributed by atoms with Gasteiger partial charge in [0.15, 0.2) is 0 Å².